The molecule has 0 aliphatic heterocycles. The molecular weight excluding hydrogens is 230 g/mol. The standard InChI is InChI=1S/C11H6F2N2O2/c12-11(13)17-9-3-1-2-7(4-9)10(16)8(5-14)6-15/h1-4,8,11H. The zero-order chi connectivity index (χ0) is 12.8. The number of hydrogen-bond acceptors (Lipinski definition) is 4. The Labute approximate surface area is 95.6 Å². The first-order chi connectivity index (χ1) is 8.08. The molecule has 0 aromatic heterocycles. The Morgan fingerprint density at radius 2 is 1.94 bits per heavy atom. The summed E-state index contributed by atoms with van der Waals surface area (Å²) < 4.78 is 28.0. The summed E-state index contributed by atoms with van der Waals surface area (Å²) in [5, 5.41) is 17.1. The average Bonchev–Trinajstić information content (AvgIpc) is 2.30. The van der Waals surface area contributed by atoms with Gasteiger partial charge in [-0.1, -0.05) is 12.1 Å². The summed E-state index contributed by atoms with van der Waals surface area (Å²) in [6.45, 7) is -3.00. The number of carbonyl (C=O) groups is 1. The first-order valence-corrected chi connectivity index (χ1v) is 4.46. The summed E-state index contributed by atoms with van der Waals surface area (Å²) >= 11 is 0. The molecule has 0 heterocycles. The smallest absolute Gasteiger partial charge is 0.387 e. The lowest BCUT2D eigenvalue weighted by atomic mass is 10.0. The van der Waals surface area contributed by atoms with Gasteiger partial charge in [-0.15, -0.1) is 0 Å². The van der Waals surface area contributed by atoms with Crippen LogP contribution in [0.3, 0.4) is 0 Å². The fourth-order valence-electron chi connectivity index (χ4n) is 1.14. The van der Waals surface area contributed by atoms with Crippen molar-refractivity contribution in [2.45, 2.75) is 6.61 Å². The van der Waals surface area contributed by atoms with E-state index < -0.39 is 18.3 Å². The van der Waals surface area contributed by atoms with Crippen LogP contribution in [0, 0.1) is 28.6 Å². The fraction of sp³-hybridized carbons (Fsp3) is 0.182. The molecule has 0 spiro atoms. The number of alkyl halides is 2. The Hall–Kier alpha value is -2.47. The van der Waals surface area contributed by atoms with Crippen molar-refractivity contribution < 1.29 is 18.3 Å². The second-order valence-corrected chi connectivity index (χ2v) is 2.96. The maximum absolute atomic E-state index is 11.9. The van der Waals surface area contributed by atoms with Gasteiger partial charge in [-0.05, 0) is 12.1 Å². The number of benzene rings is 1. The van der Waals surface area contributed by atoms with E-state index in [9.17, 15) is 13.6 Å². The predicted molar refractivity (Wildman–Crippen MR) is 52.1 cm³/mol. The van der Waals surface area contributed by atoms with Crippen molar-refractivity contribution in [3.8, 4) is 17.9 Å². The second-order valence-electron chi connectivity index (χ2n) is 2.96. The summed E-state index contributed by atoms with van der Waals surface area (Å²) in [7, 11) is 0. The molecular formula is C11H6F2N2O2. The minimum atomic E-state index is -3.00. The quantitative estimate of drug-likeness (QED) is 0.750. The van der Waals surface area contributed by atoms with Crippen molar-refractivity contribution in [2.75, 3.05) is 0 Å². The lowest BCUT2D eigenvalue weighted by molar-refractivity contribution is -0.0498. The number of rotatable bonds is 4. The molecule has 1 aromatic carbocycles. The van der Waals surface area contributed by atoms with E-state index in [1.165, 1.54) is 30.3 Å². The van der Waals surface area contributed by atoms with Crippen molar-refractivity contribution in [1.82, 2.24) is 0 Å². The Balaban J connectivity index is 2.97. The molecule has 0 saturated heterocycles. The van der Waals surface area contributed by atoms with E-state index in [1.807, 2.05) is 0 Å². The summed E-state index contributed by atoms with van der Waals surface area (Å²) in [4.78, 5) is 11.6. The van der Waals surface area contributed by atoms with Crippen LogP contribution in [-0.4, -0.2) is 12.4 Å². The molecule has 1 aromatic rings. The topological polar surface area (TPSA) is 73.9 Å². The molecule has 0 radical (unpaired) electrons. The number of nitrogens with zero attached hydrogens (tertiary/aromatic N) is 2. The number of ether oxygens (including phenoxy) is 1. The predicted octanol–water partition coefficient (Wildman–Crippen LogP) is 2.13. The summed E-state index contributed by atoms with van der Waals surface area (Å²) in [6.07, 6.45) is 0. The summed E-state index contributed by atoms with van der Waals surface area (Å²) in [5.74, 6) is -2.38. The fourth-order valence-corrected chi connectivity index (χ4v) is 1.14. The van der Waals surface area contributed by atoms with Gasteiger partial charge in [-0.2, -0.15) is 19.3 Å². The van der Waals surface area contributed by atoms with Gasteiger partial charge < -0.3 is 4.74 Å². The van der Waals surface area contributed by atoms with Gasteiger partial charge in [0.25, 0.3) is 0 Å². The molecule has 0 bridgehead atoms. The van der Waals surface area contributed by atoms with Gasteiger partial charge in [-0.25, -0.2) is 0 Å². The van der Waals surface area contributed by atoms with Crippen LogP contribution in [0.25, 0.3) is 0 Å². The van der Waals surface area contributed by atoms with E-state index >= 15 is 0 Å². The van der Waals surface area contributed by atoms with E-state index in [2.05, 4.69) is 4.74 Å². The van der Waals surface area contributed by atoms with Crippen LogP contribution in [0.1, 0.15) is 10.4 Å². The largest absolute Gasteiger partial charge is 0.435 e. The van der Waals surface area contributed by atoms with Crippen LogP contribution in [-0.2, 0) is 0 Å². The van der Waals surface area contributed by atoms with E-state index in [4.69, 9.17) is 10.5 Å². The van der Waals surface area contributed by atoms with Crippen molar-refractivity contribution in [3.63, 3.8) is 0 Å². The van der Waals surface area contributed by atoms with Gasteiger partial charge in [0.15, 0.2) is 11.7 Å². The number of nitriles is 2. The molecule has 0 aliphatic carbocycles. The number of Topliss-reactive ketones (excluding diaryl/α,β-unsaturated/α-hetero) is 1. The highest BCUT2D eigenvalue weighted by molar-refractivity contribution is 6.01. The summed E-state index contributed by atoms with van der Waals surface area (Å²) in [6, 6.07) is 7.99. The van der Waals surface area contributed by atoms with Crippen LogP contribution in [0.2, 0.25) is 0 Å². The Bertz CT molecular complexity index is 489. The third kappa shape index (κ3) is 3.25. The van der Waals surface area contributed by atoms with Crippen molar-refractivity contribution in [3.05, 3.63) is 29.8 Å². The molecule has 0 N–H and O–H groups in total. The van der Waals surface area contributed by atoms with Crippen LogP contribution in [0.15, 0.2) is 24.3 Å². The molecule has 0 amide bonds. The van der Waals surface area contributed by atoms with E-state index in [1.54, 1.807) is 0 Å². The zero-order valence-corrected chi connectivity index (χ0v) is 8.43. The van der Waals surface area contributed by atoms with Gasteiger partial charge in [-0.3, -0.25) is 4.79 Å². The molecule has 17 heavy (non-hydrogen) atoms. The molecule has 86 valence electrons. The number of halogens is 2. The van der Waals surface area contributed by atoms with Gasteiger partial charge in [0.2, 0.25) is 0 Å². The SMILES string of the molecule is N#CC(C#N)C(=O)c1cccc(OC(F)F)c1. The highest BCUT2D eigenvalue weighted by atomic mass is 19.3. The van der Waals surface area contributed by atoms with Gasteiger partial charge in [0.1, 0.15) is 5.75 Å². The lowest BCUT2D eigenvalue weighted by Crippen LogP contribution is -2.11. The molecule has 0 saturated carbocycles. The minimum absolute atomic E-state index is 0.0174. The molecule has 0 atom stereocenters. The Morgan fingerprint density at radius 3 is 2.47 bits per heavy atom. The first kappa shape index (κ1) is 12.6. The van der Waals surface area contributed by atoms with Crippen LogP contribution < -0.4 is 4.74 Å². The van der Waals surface area contributed by atoms with Gasteiger partial charge >= 0.3 is 6.61 Å². The average molecular weight is 236 g/mol. The van der Waals surface area contributed by atoms with E-state index in [-0.39, 0.29) is 11.3 Å². The van der Waals surface area contributed by atoms with Crippen LogP contribution in [0.4, 0.5) is 8.78 Å². The second kappa shape index (κ2) is 5.57. The number of hydrogen-bond donors (Lipinski definition) is 0. The third-order valence-corrected chi connectivity index (χ3v) is 1.86. The Kier molecular flexibility index (Phi) is 4.13. The highest BCUT2D eigenvalue weighted by Crippen LogP contribution is 2.18. The molecule has 4 nitrogen and oxygen atoms in total. The number of carbonyl (C=O) groups excluding carboxylic acids is 1. The van der Waals surface area contributed by atoms with Crippen LogP contribution in [0.5, 0.6) is 5.75 Å². The van der Waals surface area contributed by atoms with E-state index in [0.717, 1.165) is 6.07 Å². The normalized spacial score (nSPS) is 9.76. The highest BCUT2D eigenvalue weighted by Gasteiger charge is 2.19. The number of ketones is 1. The van der Waals surface area contributed by atoms with Gasteiger partial charge in [0.05, 0.1) is 12.1 Å². The lowest BCUT2D eigenvalue weighted by Gasteiger charge is -2.06. The van der Waals surface area contributed by atoms with E-state index in [0.29, 0.717) is 0 Å². The van der Waals surface area contributed by atoms with Crippen molar-refractivity contribution in [1.29, 1.82) is 10.5 Å². The van der Waals surface area contributed by atoms with Gasteiger partial charge in [0, 0.05) is 5.56 Å². The van der Waals surface area contributed by atoms with Crippen molar-refractivity contribution >= 4 is 5.78 Å². The molecule has 1 rings (SSSR count). The third-order valence-electron chi connectivity index (χ3n) is 1.86. The zero-order valence-electron chi connectivity index (χ0n) is 8.43. The monoisotopic (exact) mass is 236 g/mol. The maximum atomic E-state index is 11.9. The molecule has 6 heteroatoms. The molecule has 0 fully saturated rings. The summed E-state index contributed by atoms with van der Waals surface area (Å²) in [5.41, 5.74) is -0.0174. The minimum Gasteiger partial charge on any atom is -0.435 e. The maximum Gasteiger partial charge on any atom is 0.387 e. The molecule has 0 aliphatic rings. The van der Waals surface area contributed by atoms with Crippen molar-refractivity contribution in [2.24, 2.45) is 5.92 Å². The molecule has 0 unspecified atom stereocenters. The van der Waals surface area contributed by atoms with Crippen LogP contribution >= 0.6 is 0 Å². The Morgan fingerprint density at radius 1 is 1.29 bits per heavy atom. The first-order valence-electron chi connectivity index (χ1n) is 4.46.